The Balaban J connectivity index is 1.54. The molecule has 4 unspecified atom stereocenters. The summed E-state index contributed by atoms with van der Waals surface area (Å²) in [6.45, 7) is 0.758. The van der Waals surface area contributed by atoms with Crippen molar-refractivity contribution in [3.8, 4) is 0 Å². The van der Waals surface area contributed by atoms with Gasteiger partial charge in [0.15, 0.2) is 0 Å². The molecule has 4 atom stereocenters. The Morgan fingerprint density at radius 2 is 1.79 bits per heavy atom. The summed E-state index contributed by atoms with van der Waals surface area (Å²) >= 11 is 0. The summed E-state index contributed by atoms with van der Waals surface area (Å²) in [4.78, 5) is 0. The van der Waals surface area contributed by atoms with Crippen molar-refractivity contribution >= 4 is 0 Å². The van der Waals surface area contributed by atoms with Crippen molar-refractivity contribution in [1.82, 2.24) is 5.32 Å². The third-order valence-electron chi connectivity index (χ3n) is 4.81. The van der Waals surface area contributed by atoms with E-state index in [2.05, 4.69) is 5.32 Å². The van der Waals surface area contributed by atoms with Crippen LogP contribution in [0.5, 0.6) is 0 Å². The molecule has 19 heavy (non-hydrogen) atoms. The van der Waals surface area contributed by atoms with Gasteiger partial charge in [0.25, 0.3) is 0 Å². The number of ether oxygens (including phenoxy) is 1. The molecular weight excluding hydrogens is 255 g/mol. The zero-order valence-electron chi connectivity index (χ0n) is 11.1. The molecule has 3 rings (SSSR count). The zero-order valence-corrected chi connectivity index (χ0v) is 11.1. The lowest BCUT2D eigenvalue weighted by Crippen LogP contribution is -2.47. The smallest absolute Gasteiger partial charge is 0.376 e. The van der Waals surface area contributed by atoms with Gasteiger partial charge in [-0.1, -0.05) is 6.42 Å². The lowest BCUT2D eigenvalue weighted by atomic mass is 9.84. The third kappa shape index (κ3) is 3.24. The molecule has 3 aliphatic rings. The quantitative estimate of drug-likeness (QED) is 0.855. The van der Waals surface area contributed by atoms with E-state index in [1.54, 1.807) is 0 Å². The number of hydrogen-bond acceptors (Lipinski definition) is 2. The Kier molecular flexibility index (Phi) is 3.78. The Morgan fingerprint density at radius 3 is 2.47 bits per heavy atom. The third-order valence-corrected chi connectivity index (χ3v) is 4.81. The van der Waals surface area contributed by atoms with Gasteiger partial charge in [0.05, 0.1) is 12.0 Å². The van der Waals surface area contributed by atoms with E-state index >= 15 is 0 Å². The van der Waals surface area contributed by atoms with Gasteiger partial charge in [-0.3, -0.25) is 0 Å². The van der Waals surface area contributed by atoms with E-state index in [0.717, 1.165) is 19.4 Å². The second-order valence-corrected chi connectivity index (χ2v) is 6.34. The maximum atomic E-state index is 12.8. The summed E-state index contributed by atoms with van der Waals surface area (Å²) < 4.78 is 44.1. The van der Waals surface area contributed by atoms with Crippen LogP contribution in [0.4, 0.5) is 13.2 Å². The summed E-state index contributed by atoms with van der Waals surface area (Å²) in [7, 11) is 0. The standard InChI is InChI=1S/C14H22F3NO/c15-14(16,17)10-2-1-3-11(8-10)18-12-6-7-19-13(12)9-4-5-9/h9-13,18H,1-8H2. The normalized spacial score (nSPS) is 40.6. The van der Waals surface area contributed by atoms with Crippen LogP contribution in [0.15, 0.2) is 0 Å². The minimum Gasteiger partial charge on any atom is -0.376 e. The number of alkyl halides is 3. The molecule has 0 amide bonds. The van der Waals surface area contributed by atoms with Crippen LogP contribution < -0.4 is 5.32 Å². The van der Waals surface area contributed by atoms with E-state index in [1.165, 1.54) is 12.8 Å². The van der Waals surface area contributed by atoms with Crippen LogP contribution >= 0.6 is 0 Å². The number of halogens is 3. The van der Waals surface area contributed by atoms with Crippen molar-refractivity contribution in [3.05, 3.63) is 0 Å². The largest absolute Gasteiger partial charge is 0.391 e. The van der Waals surface area contributed by atoms with Crippen molar-refractivity contribution in [3.63, 3.8) is 0 Å². The fraction of sp³-hybridized carbons (Fsp3) is 1.00. The minimum atomic E-state index is -4.03. The Labute approximate surface area is 112 Å². The van der Waals surface area contributed by atoms with Crippen LogP contribution in [0.1, 0.15) is 44.9 Å². The van der Waals surface area contributed by atoms with Gasteiger partial charge in [-0.25, -0.2) is 0 Å². The maximum absolute atomic E-state index is 12.8. The van der Waals surface area contributed by atoms with Gasteiger partial charge in [-0.2, -0.15) is 13.2 Å². The average Bonchev–Trinajstić information content (AvgIpc) is 3.10. The lowest BCUT2D eigenvalue weighted by Gasteiger charge is -2.34. The Hall–Kier alpha value is -0.290. The van der Waals surface area contributed by atoms with Crippen molar-refractivity contribution in [2.75, 3.05) is 6.61 Å². The highest BCUT2D eigenvalue weighted by atomic mass is 19.4. The lowest BCUT2D eigenvalue weighted by molar-refractivity contribution is -0.184. The highest BCUT2D eigenvalue weighted by Crippen LogP contribution is 2.41. The van der Waals surface area contributed by atoms with Crippen LogP contribution in [-0.4, -0.2) is 31.0 Å². The summed E-state index contributed by atoms with van der Waals surface area (Å²) in [5.41, 5.74) is 0. The topological polar surface area (TPSA) is 21.3 Å². The second kappa shape index (κ2) is 5.24. The second-order valence-electron chi connectivity index (χ2n) is 6.34. The fourth-order valence-electron chi connectivity index (χ4n) is 3.62. The summed E-state index contributed by atoms with van der Waals surface area (Å²) in [6, 6.07) is 0.304. The highest BCUT2D eigenvalue weighted by Gasteiger charge is 2.44. The van der Waals surface area contributed by atoms with Crippen molar-refractivity contribution in [2.24, 2.45) is 11.8 Å². The van der Waals surface area contributed by atoms with Gasteiger partial charge in [-0.15, -0.1) is 0 Å². The molecule has 1 aliphatic heterocycles. The fourth-order valence-corrected chi connectivity index (χ4v) is 3.62. The van der Waals surface area contributed by atoms with Gasteiger partial charge >= 0.3 is 6.18 Å². The highest BCUT2D eigenvalue weighted by molar-refractivity contribution is 4.95. The minimum absolute atomic E-state index is 0.0216. The van der Waals surface area contributed by atoms with E-state index in [0.29, 0.717) is 18.8 Å². The molecule has 1 heterocycles. The molecule has 5 heteroatoms. The van der Waals surface area contributed by atoms with Gasteiger partial charge in [0.2, 0.25) is 0 Å². The molecule has 2 saturated carbocycles. The number of rotatable bonds is 3. The van der Waals surface area contributed by atoms with Crippen LogP contribution in [-0.2, 0) is 4.74 Å². The van der Waals surface area contributed by atoms with E-state index in [4.69, 9.17) is 4.74 Å². The van der Waals surface area contributed by atoms with Crippen LogP contribution in [0, 0.1) is 11.8 Å². The molecule has 0 spiro atoms. The molecule has 110 valence electrons. The van der Waals surface area contributed by atoms with E-state index in [1.807, 2.05) is 0 Å². The monoisotopic (exact) mass is 277 g/mol. The van der Waals surface area contributed by atoms with E-state index < -0.39 is 12.1 Å². The predicted octanol–water partition coefficient (Wildman–Crippen LogP) is 3.26. The van der Waals surface area contributed by atoms with Crippen LogP contribution in [0.3, 0.4) is 0 Å². The van der Waals surface area contributed by atoms with Gasteiger partial charge < -0.3 is 10.1 Å². The van der Waals surface area contributed by atoms with Crippen LogP contribution in [0.25, 0.3) is 0 Å². The molecule has 0 bridgehead atoms. The average molecular weight is 277 g/mol. The van der Waals surface area contributed by atoms with Crippen LogP contribution in [0.2, 0.25) is 0 Å². The first-order valence-electron chi connectivity index (χ1n) is 7.48. The SMILES string of the molecule is FC(F)(F)C1CCCC(NC2CCOC2C2CC2)C1. The molecule has 1 saturated heterocycles. The van der Waals surface area contributed by atoms with Gasteiger partial charge in [-0.05, 0) is 44.4 Å². The Morgan fingerprint density at radius 1 is 1.00 bits per heavy atom. The summed E-state index contributed by atoms with van der Waals surface area (Å²) in [5.74, 6) is -0.456. The van der Waals surface area contributed by atoms with E-state index in [-0.39, 0.29) is 24.6 Å². The van der Waals surface area contributed by atoms with Gasteiger partial charge in [0, 0.05) is 18.7 Å². The van der Waals surface area contributed by atoms with Crippen molar-refractivity contribution < 1.29 is 17.9 Å². The van der Waals surface area contributed by atoms with E-state index in [9.17, 15) is 13.2 Å². The number of nitrogens with one attached hydrogen (secondary N) is 1. The molecule has 0 radical (unpaired) electrons. The van der Waals surface area contributed by atoms with Crippen molar-refractivity contribution in [2.45, 2.75) is 69.3 Å². The molecule has 0 aromatic rings. The zero-order chi connectivity index (χ0) is 13.5. The maximum Gasteiger partial charge on any atom is 0.391 e. The van der Waals surface area contributed by atoms with Gasteiger partial charge in [0.1, 0.15) is 0 Å². The first kappa shape index (κ1) is 13.7. The molecule has 0 aromatic heterocycles. The molecule has 1 N–H and O–H groups in total. The first-order valence-corrected chi connectivity index (χ1v) is 7.48. The predicted molar refractivity (Wildman–Crippen MR) is 65.8 cm³/mol. The molecule has 0 aromatic carbocycles. The molecule has 2 aliphatic carbocycles. The molecule has 2 nitrogen and oxygen atoms in total. The first-order chi connectivity index (χ1) is 9.04. The summed E-state index contributed by atoms with van der Waals surface area (Å²) in [6.07, 6.45) is 1.73. The number of hydrogen-bond donors (Lipinski definition) is 1. The molecular formula is C14H22F3NO. The Bertz CT molecular complexity index is 316. The van der Waals surface area contributed by atoms with Crippen molar-refractivity contribution in [1.29, 1.82) is 0 Å². The summed E-state index contributed by atoms with van der Waals surface area (Å²) in [5, 5.41) is 3.47. The molecule has 3 fully saturated rings.